The fourth-order valence-corrected chi connectivity index (χ4v) is 3.35. The minimum atomic E-state index is -3.69. The highest BCUT2D eigenvalue weighted by Crippen LogP contribution is 2.29. The van der Waals surface area contributed by atoms with E-state index in [-0.39, 0.29) is 10.7 Å². The van der Waals surface area contributed by atoms with Gasteiger partial charge in [0.05, 0.1) is 4.90 Å². The standard InChI is InChI=1S/C16H14ClN3O2S/c1-20-11-15(12-7-9-13(17)10-8-12)16(18-20)19-23(21,22)14-5-3-2-4-6-14/h2-11H,1H3,(H,18,19). The molecule has 0 amide bonds. The molecule has 0 saturated heterocycles. The maximum absolute atomic E-state index is 12.5. The molecule has 1 N–H and O–H groups in total. The molecule has 1 heterocycles. The first-order valence-corrected chi connectivity index (χ1v) is 8.69. The van der Waals surface area contributed by atoms with Crippen LogP contribution < -0.4 is 4.72 Å². The van der Waals surface area contributed by atoms with Crippen molar-refractivity contribution in [2.24, 2.45) is 7.05 Å². The Morgan fingerprint density at radius 2 is 1.70 bits per heavy atom. The Bertz CT molecular complexity index is 920. The molecule has 0 aliphatic heterocycles. The molecule has 0 bridgehead atoms. The lowest BCUT2D eigenvalue weighted by Gasteiger charge is -2.07. The second kappa shape index (κ2) is 6.06. The smallest absolute Gasteiger partial charge is 0.263 e. The van der Waals surface area contributed by atoms with Crippen LogP contribution in [0.25, 0.3) is 11.1 Å². The molecule has 0 radical (unpaired) electrons. The average Bonchev–Trinajstić information content (AvgIpc) is 2.89. The third-order valence-corrected chi connectivity index (χ3v) is 4.88. The first kappa shape index (κ1) is 15.6. The van der Waals surface area contributed by atoms with E-state index in [1.165, 1.54) is 12.1 Å². The molecule has 5 nitrogen and oxygen atoms in total. The van der Waals surface area contributed by atoms with Gasteiger partial charge in [-0.15, -0.1) is 0 Å². The SMILES string of the molecule is Cn1cc(-c2ccc(Cl)cc2)c(NS(=O)(=O)c2ccccc2)n1. The van der Waals surface area contributed by atoms with E-state index in [1.807, 2.05) is 12.1 Å². The van der Waals surface area contributed by atoms with Gasteiger partial charge in [-0.3, -0.25) is 9.40 Å². The monoisotopic (exact) mass is 347 g/mol. The van der Waals surface area contributed by atoms with Crippen LogP contribution in [0.15, 0.2) is 65.7 Å². The summed E-state index contributed by atoms with van der Waals surface area (Å²) in [4.78, 5) is 0.188. The Hall–Kier alpha value is -2.31. The van der Waals surface area contributed by atoms with Crippen molar-refractivity contribution in [1.29, 1.82) is 0 Å². The molecule has 0 unspecified atom stereocenters. The average molecular weight is 348 g/mol. The summed E-state index contributed by atoms with van der Waals surface area (Å²) < 4.78 is 29.0. The van der Waals surface area contributed by atoms with Gasteiger partial charge in [0.1, 0.15) is 0 Å². The number of hydrogen-bond acceptors (Lipinski definition) is 3. The summed E-state index contributed by atoms with van der Waals surface area (Å²) in [7, 11) is -1.95. The molecule has 0 atom stereocenters. The van der Waals surface area contributed by atoms with E-state index >= 15 is 0 Å². The van der Waals surface area contributed by atoms with Gasteiger partial charge in [-0.25, -0.2) is 8.42 Å². The number of benzene rings is 2. The van der Waals surface area contributed by atoms with Crippen molar-refractivity contribution < 1.29 is 8.42 Å². The molecule has 2 aromatic carbocycles. The van der Waals surface area contributed by atoms with Crippen molar-refractivity contribution in [3.8, 4) is 11.1 Å². The van der Waals surface area contributed by atoms with Gasteiger partial charge in [0.2, 0.25) is 0 Å². The molecule has 0 aliphatic rings. The Labute approximate surface area is 139 Å². The Morgan fingerprint density at radius 1 is 1.04 bits per heavy atom. The summed E-state index contributed by atoms with van der Waals surface area (Å²) in [5, 5.41) is 4.83. The lowest BCUT2D eigenvalue weighted by atomic mass is 10.1. The number of hydrogen-bond donors (Lipinski definition) is 1. The number of aromatic nitrogens is 2. The highest BCUT2D eigenvalue weighted by Gasteiger charge is 2.18. The van der Waals surface area contributed by atoms with E-state index in [9.17, 15) is 8.42 Å². The van der Waals surface area contributed by atoms with Crippen molar-refractivity contribution in [1.82, 2.24) is 9.78 Å². The highest BCUT2D eigenvalue weighted by atomic mass is 35.5. The largest absolute Gasteiger partial charge is 0.273 e. The maximum Gasteiger partial charge on any atom is 0.263 e. The van der Waals surface area contributed by atoms with E-state index in [1.54, 1.807) is 48.3 Å². The summed E-state index contributed by atoms with van der Waals surface area (Å²) in [6.07, 6.45) is 1.76. The number of halogens is 1. The Morgan fingerprint density at radius 3 is 2.35 bits per heavy atom. The zero-order chi connectivity index (χ0) is 16.4. The molecule has 0 fully saturated rings. The van der Waals surface area contributed by atoms with Crippen LogP contribution in [-0.4, -0.2) is 18.2 Å². The first-order chi connectivity index (χ1) is 11.0. The summed E-state index contributed by atoms with van der Waals surface area (Å²) in [6.45, 7) is 0. The minimum absolute atomic E-state index is 0.188. The molecular formula is C16H14ClN3O2S. The number of aryl methyl sites for hydroxylation is 1. The van der Waals surface area contributed by atoms with Gasteiger partial charge < -0.3 is 0 Å². The van der Waals surface area contributed by atoms with E-state index in [0.29, 0.717) is 10.6 Å². The number of sulfonamides is 1. The predicted molar refractivity (Wildman–Crippen MR) is 90.9 cm³/mol. The van der Waals surface area contributed by atoms with Crippen LogP contribution in [0.1, 0.15) is 0 Å². The van der Waals surface area contributed by atoms with E-state index in [4.69, 9.17) is 11.6 Å². The van der Waals surface area contributed by atoms with Gasteiger partial charge in [-0.05, 0) is 29.8 Å². The predicted octanol–water partition coefficient (Wildman–Crippen LogP) is 3.54. The second-order valence-electron chi connectivity index (χ2n) is 4.99. The van der Waals surface area contributed by atoms with Crippen LogP contribution >= 0.6 is 11.6 Å². The van der Waals surface area contributed by atoms with Gasteiger partial charge in [-0.2, -0.15) is 5.10 Å². The van der Waals surface area contributed by atoms with Crippen molar-refractivity contribution in [2.45, 2.75) is 4.90 Å². The molecule has 118 valence electrons. The lowest BCUT2D eigenvalue weighted by molar-refractivity contribution is 0.601. The fraction of sp³-hybridized carbons (Fsp3) is 0.0625. The summed E-state index contributed by atoms with van der Waals surface area (Å²) in [5.41, 5.74) is 1.51. The molecule has 0 spiro atoms. The molecule has 3 aromatic rings. The molecule has 0 aliphatic carbocycles. The van der Waals surface area contributed by atoms with Crippen molar-refractivity contribution >= 4 is 27.4 Å². The Kier molecular flexibility index (Phi) is 4.11. The number of nitrogens with zero attached hydrogens (tertiary/aromatic N) is 2. The zero-order valence-corrected chi connectivity index (χ0v) is 13.8. The summed E-state index contributed by atoms with van der Waals surface area (Å²) in [5.74, 6) is 0.277. The Balaban J connectivity index is 2.00. The first-order valence-electron chi connectivity index (χ1n) is 6.83. The van der Waals surface area contributed by atoms with Gasteiger partial charge in [0, 0.05) is 23.8 Å². The number of nitrogens with one attached hydrogen (secondary N) is 1. The number of rotatable bonds is 4. The van der Waals surface area contributed by atoms with Crippen LogP contribution in [0.3, 0.4) is 0 Å². The van der Waals surface area contributed by atoms with E-state index < -0.39 is 10.0 Å². The molecule has 0 saturated carbocycles. The van der Waals surface area contributed by atoms with Crippen molar-refractivity contribution in [3.05, 3.63) is 65.8 Å². The fourth-order valence-electron chi connectivity index (χ4n) is 2.19. The van der Waals surface area contributed by atoms with Gasteiger partial charge >= 0.3 is 0 Å². The zero-order valence-electron chi connectivity index (χ0n) is 12.3. The van der Waals surface area contributed by atoms with E-state index in [0.717, 1.165) is 5.56 Å². The topological polar surface area (TPSA) is 64.0 Å². The third-order valence-electron chi connectivity index (χ3n) is 3.27. The minimum Gasteiger partial charge on any atom is -0.273 e. The van der Waals surface area contributed by atoms with Crippen molar-refractivity contribution in [2.75, 3.05) is 4.72 Å². The van der Waals surface area contributed by atoms with Gasteiger partial charge in [-0.1, -0.05) is 41.9 Å². The molecule has 7 heteroatoms. The van der Waals surface area contributed by atoms with Crippen LogP contribution in [-0.2, 0) is 17.1 Å². The summed E-state index contributed by atoms with van der Waals surface area (Å²) in [6, 6.07) is 15.3. The molecule has 23 heavy (non-hydrogen) atoms. The third kappa shape index (κ3) is 3.38. The van der Waals surface area contributed by atoms with Gasteiger partial charge in [0.15, 0.2) is 5.82 Å². The van der Waals surface area contributed by atoms with Gasteiger partial charge in [0.25, 0.3) is 10.0 Å². The quantitative estimate of drug-likeness (QED) is 0.785. The van der Waals surface area contributed by atoms with E-state index in [2.05, 4.69) is 9.82 Å². The maximum atomic E-state index is 12.5. The van der Waals surface area contributed by atoms with Crippen LogP contribution in [0.4, 0.5) is 5.82 Å². The van der Waals surface area contributed by atoms with Crippen LogP contribution in [0.2, 0.25) is 5.02 Å². The molecular weight excluding hydrogens is 334 g/mol. The normalized spacial score (nSPS) is 11.4. The van der Waals surface area contributed by atoms with Crippen molar-refractivity contribution in [3.63, 3.8) is 0 Å². The lowest BCUT2D eigenvalue weighted by Crippen LogP contribution is -2.14. The second-order valence-corrected chi connectivity index (χ2v) is 7.11. The van der Waals surface area contributed by atoms with Crippen LogP contribution in [0.5, 0.6) is 0 Å². The van der Waals surface area contributed by atoms with Crippen LogP contribution in [0, 0.1) is 0 Å². The summed E-state index contributed by atoms with van der Waals surface area (Å²) >= 11 is 5.90. The molecule has 3 rings (SSSR count). The molecule has 1 aromatic heterocycles. The number of anilines is 1. The highest BCUT2D eigenvalue weighted by molar-refractivity contribution is 7.92.